The van der Waals surface area contributed by atoms with Crippen molar-refractivity contribution in [3.63, 3.8) is 0 Å². The highest BCUT2D eigenvalue weighted by molar-refractivity contribution is 7.90. The number of furan rings is 1. The molecule has 0 aromatic carbocycles. The molecule has 1 aromatic heterocycles. The molecule has 0 amide bonds. The van der Waals surface area contributed by atoms with Crippen LogP contribution in [0.1, 0.15) is 29.5 Å². The van der Waals surface area contributed by atoms with E-state index in [1.165, 1.54) is 6.26 Å². The molecule has 0 aliphatic carbocycles. The second-order valence-electron chi connectivity index (χ2n) is 3.89. The highest BCUT2D eigenvalue weighted by atomic mass is 32.2. The van der Waals surface area contributed by atoms with E-state index in [0.29, 0.717) is 6.42 Å². The zero-order valence-corrected chi connectivity index (χ0v) is 10.1. The van der Waals surface area contributed by atoms with Crippen LogP contribution in [0.5, 0.6) is 0 Å². The van der Waals surface area contributed by atoms with Gasteiger partial charge in [-0.15, -0.1) is 0 Å². The highest BCUT2D eigenvalue weighted by Crippen LogP contribution is 2.22. The molecule has 0 saturated heterocycles. The van der Waals surface area contributed by atoms with Crippen LogP contribution in [-0.2, 0) is 9.84 Å². The van der Waals surface area contributed by atoms with Crippen molar-refractivity contribution < 1.29 is 12.8 Å². The van der Waals surface area contributed by atoms with E-state index >= 15 is 0 Å². The standard InChI is InChI=1S/C10H17NO3S/c1-7-6-9(8(2)14-7)10(11)4-5-15(3,12)13/h6,10H,4-5,11H2,1-3H3. The summed E-state index contributed by atoms with van der Waals surface area (Å²) < 4.78 is 27.3. The summed E-state index contributed by atoms with van der Waals surface area (Å²) in [5.74, 6) is 1.68. The lowest BCUT2D eigenvalue weighted by molar-refractivity contribution is 0.496. The Morgan fingerprint density at radius 3 is 2.47 bits per heavy atom. The quantitative estimate of drug-likeness (QED) is 0.848. The van der Waals surface area contributed by atoms with Gasteiger partial charge in [0, 0.05) is 17.9 Å². The van der Waals surface area contributed by atoms with Crippen molar-refractivity contribution >= 4 is 9.84 Å². The van der Waals surface area contributed by atoms with Crippen LogP contribution in [0.15, 0.2) is 10.5 Å². The van der Waals surface area contributed by atoms with Gasteiger partial charge in [0.05, 0.1) is 5.75 Å². The Morgan fingerprint density at radius 1 is 1.47 bits per heavy atom. The van der Waals surface area contributed by atoms with E-state index in [2.05, 4.69) is 0 Å². The van der Waals surface area contributed by atoms with Gasteiger partial charge >= 0.3 is 0 Å². The van der Waals surface area contributed by atoms with Crippen molar-refractivity contribution in [2.75, 3.05) is 12.0 Å². The first-order valence-electron chi connectivity index (χ1n) is 4.80. The Labute approximate surface area is 90.4 Å². The fraction of sp³-hybridized carbons (Fsp3) is 0.600. The SMILES string of the molecule is Cc1cc(C(N)CCS(C)(=O)=O)c(C)o1. The largest absolute Gasteiger partial charge is 0.466 e. The summed E-state index contributed by atoms with van der Waals surface area (Å²) >= 11 is 0. The smallest absolute Gasteiger partial charge is 0.147 e. The van der Waals surface area contributed by atoms with Gasteiger partial charge in [0.2, 0.25) is 0 Å². The van der Waals surface area contributed by atoms with Crippen molar-refractivity contribution in [1.29, 1.82) is 0 Å². The summed E-state index contributed by atoms with van der Waals surface area (Å²) in [7, 11) is -2.94. The zero-order chi connectivity index (χ0) is 11.6. The fourth-order valence-electron chi connectivity index (χ4n) is 1.52. The van der Waals surface area contributed by atoms with Gasteiger partial charge in [0.1, 0.15) is 21.4 Å². The van der Waals surface area contributed by atoms with Gasteiger partial charge in [-0.25, -0.2) is 8.42 Å². The first-order valence-corrected chi connectivity index (χ1v) is 6.86. The van der Waals surface area contributed by atoms with Crippen molar-refractivity contribution in [1.82, 2.24) is 0 Å². The third-order valence-corrected chi connectivity index (χ3v) is 3.26. The summed E-state index contributed by atoms with van der Waals surface area (Å²) in [6.07, 6.45) is 1.64. The molecular formula is C10H17NO3S. The van der Waals surface area contributed by atoms with E-state index in [9.17, 15) is 8.42 Å². The molecule has 4 nitrogen and oxygen atoms in total. The second-order valence-corrected chi connectivity index (χ2v) is 6.15. The zero-order valence-electron chi connectivity index (χ0n) is 9.28. The van der Waals surface area contributed by atoms with E-state index in [1.54, 1.807) is 0 Å². The van der Waals surface area contributed by atoms with Gasteiger partial charge in [0.25, 0.3) is 0 Å². The van der Waals surface area contributed by atoms with Crippen LogP contribution in [0.4, 0.5) is 0 Å². The molecule has 1 aromatic rings. The predicted octanol–water partition coefficient (Wildman–Crippen LogP) is 1.33. The first kappa shape index (κ1) is 12.3. The number of sulfone groups is 1. The van der Waals surface area contributed by atoms with Crippen LogP contribution in [0, 0.1) is 13.8 Å². The van der Waals surface area contributed by atoms with Gasteiger partial charge in [-0.1, -0.05) is 0 Å². The van der Waals surface area contributed by atoms with Crippen LogP contribution >= 0.6 is 0 Å². The maximum absolute atomic E-state index is 11.0. The summed E-state index contributed by atoms with van der Waals surface area (Å²) in [6, 6.07) is 1.60. The highest BCUT2D eigenvalue weighted by Gasteiger charge is 2.15. The lowest BCUT2D eigenvalue weighted by Crippen LogP contribution is -2.15. The monoisotopic (exact) mass is 231 g/mol. The molecule has 2 N–H and O–H groups in total. The third kappa shape index (κ3) is 3.68. The summed E-state index contributed by atoms with van der Waals surface area (Å²) in [5, 5.41) is 0. The molecule has 86 valence electrons. The van der Waals surface area contributed by atoms with Gasteiger partial charge in [-0.05, 0) is 26.3 Å². The van der Waals surface area contributed by atoms with Crippen molar-refractivity contribution in [3.05, 3.63) is 23.2 Å². The van der Waals surface area contributed by atoms with Crippen molar-refractivity contribution in [3.8, 4) is 0 Å². The minimum Gasteiger partial charge on any atom is -0.466 e. The molecule has 5 heteroatoms. The minimum absolute atomic E-state index is 0.109. The van der Waals surface area contributed by atoms with Gasteiger partial charge in [0.15, 0.2) is 0 Å². The Balaban J connectivity index is 2.69. The van der Waals surface area contributed by atoms with E-state index < -0.39 is 9.84 Å². The van der Waals surface area contributed by atoms with E-state index in [1.807, 2.05) is 19.9 Å². The molecule has 1 rings (SSSR count). The lowest BCUT2D eigenvalue weighted by atomic mass is 10.1. The molecular weight excluding hydrogens is 214 g/mol. The number of hydrogen-bond donors (Lipinski definition) is 1. The molecule has 1 unspecified atom stereocenters. The van der Waals surface area contributed by atoms with Crippen LogP contribution in [0.2, 0.25) is 0 Å². The predicted molar refractivity (Wildman–Crippen MR) is 59.4 cm³/mol. The number of aryl methyl sites for hydroxylation is 2. The Bertz CT molecular complexity index is 434. The third-order valence-electron chi connectivity index (χ3n) is 2.28. The van der Waals surface area contributed by atoms with Crippen molar-refractivity contribution in [2.24, 2.45) is 5.73 Å². The van der Waals surface area contributed by atoms with Gasteiger partial charge in [-0.3, -0.25) is 0 Å². The molecule has 0 radical (unpaired) electrons. The molecule has 0 bridgehead atoms. The number of nitrogens with two attached hydrogens (primary N) is 1. The molecule has 0 fully saturated rings. The molecule has 1 heterocycles. The first-order chi connectivity index (χ1) is 6.79. The van der Waals surface area contributed by atoms with Crippen LogP contribution in [-0.4, -0.2) is 20.4 Å². The Kier molecular flexibility index (Phi) is 3.57. The van der Waals surface area contributed by atoms with Crippen molar-refractivity contribution in [2.45, 2.75) is 26.3 Å². The molecule has 1 atom stereocenters. The molecule has 0 aliphatic heterocycles. The van der Waals surface area contributed by atoms with Crippen LogP contribution < -0.4 is 5.73 Å². The minimum atomic E-state index is -2.94. The maximum atomic E-state index is 11.0. The van der Waals surface area contributed by atoms with Crippen LogP contribution in [0.25, 0.3) is 0 Å². The topological polar surface area (TPSA) is 73.3 Å². The average Bonchev–Trinajstić information content (AvgIpc) is 2.40. The van der Waals surface area contributed by atoms with Gasteiger partial charge < -0.3 is 10.2 Å². The summed E-state index contributed by atoms with van der Waals surface area (Å²) in [4.78, 5) is 0. The van der Waals surface area contributed by atoms with Crippen LogP contribution in [0.3, 0.4) is 0 Å². The normalized spacial score (nSPS) is 14.1. The molecule has 0 saturated carbocycles. The van der Waals surface area contributed by atoms with E-state index in [-0.39, 0.29) is 11.8 Å². The molecule has 0 spiro atoms. The fourth-order valence-corrected chi connectivity index (χ4v) is 2.20. The van der Waals surface area contributed by atoms with E-state index in [0.717, 1.165) is 17.1 Å². The summed E-state index contributed by atoms with van der Waals surface area (Å²) in [6.45, 7) is 3.68. The summed E-state index contributed by atoms with van der Waals surface area (Å²) in [5.41, 5.74) is 6.79. The number of hydrogen-bond acceptors (Lipinski definition) is 4. The lowest BCUT2D eigenvalue weighted by Gasteiger charge is -2.09. The van der Waals surface area contributed by atoms with E-state index in [4.69, 9.17) is 10.2 Å². The molecule has 15 heavy (non-hydrogen) atoms. The average molecular weight is 231 g/mol. The second kappa shape index (κ2) is 4.37. The Hall–Kier alpha value is -0.810. The van der Waals surface area contributed by atoms with Gasteiger partial charge in [-0.2, -0.15) is 0 Å². The maximum Gasteiger partial charge on any atom is 0.147 e. The molecule has 0 aliphatic rings. The Morgan fingerprint density at radius 2 is 2.07 bits per heavy atom. The number of rotatable bonds is 4.